The Labute approximate surface area is 111 Å². The largest absolute Gasteiger partial charge is 0.299 e. The van der Waals surface area contributed by atoms with E-state index in [0.717, 1.165) is 18.1 Å². The summed E-state index contributed by atoms with van der Waals surface area (Å²) in [5.74, 6) is 0. The lowest BCUT2D eigenvalue weighted by Gasteiger charge is -2.47. The van der Waals surface area contributed by atoms with Gasteiger partial charge in [0.05, 0.1) is 0 Å². The van der Waals surface area contributed by atoms with Crippen LogP contribution < -0.4 is 0 Å². The first-order chi connectivity index (χ1) is 8.92. The van der Waals surface area contributed by atoms with Crippen molar-refractivity contribution in [1.29, 1.82) is 0 Å². The molecular weight excluding hydrogens is 222 g/mol. The third kappa shape index (κ3) is 1.91. The summed E-state index contributed by atoms with van der Waals surface area (Å²) in [6.07, 6.45) is 8.72. The number of hydrogen-bond donors (Lipinski definition) is 0. The van der Waals surface area contributed by atoms with Crippen LogP contribution >= 0.6 is 0 Å². The van der Waals surface area contributed by atoms with Crippen molar-refractivity contribution in [3.8, 4) is 0 Å². The highest BCUT2D eigenvalue weighted by atomic mass is 15.3. The number of fused-ring (bicyclic) bond motifs is 2. The zero-order chi connectivity index (χ0) is 11.9. The van der Waals surface area contributed by atoms with Gasteiger partial charge in [-0.1, -0.05) is 6.42 Å². The van der Waals surface area contributed by atoms with Crippen molar-refractivity contribution in [3.63, 3.8) is 0 Å². The number of piperidine rings is 1. The molecule has 4 fully saturated rings. The van der Waals surface area contributed by atoms with E-state index in [1.165, 1.54) is 77.8 Å². The normalized spacial score (nSPS) is 43.0. The maximum atomic E-state index is 2.86. The second kappa shape index (κ2) is 4.77. The molecule has 102 valence electrons. The molecule has 0 aromatic rings. The number of hydrogen-bond acceptors (Lipinski definition) is 3. The molecule has 0 radical (unpaired) electrons. The van der Waals surface area contributed by atoms with E-state index < -0.39 is 0 Å². The Bertz CT molecular complexity index is 306. The standard InChI is InChI=1S/C15H27N3/c1-2-7-16-10-11-18(12-13(16)4-1)15-6-9-17-8-3-5-14(15)17/h13-15H,1-12H2. The van der Waals surface area contributed by atoms with Crippen molar-refractivity contribution in [1.82, 2.24) is 14.7 Å². The maximum Gasteiger partial charge on any atom is 0.0264 e. The highest BCUT2D eigenvalue weighted by Gasteiger charge is 2.42. The Hall–Kier alpha value is -0.120. The molecule has 0 aliphatic carbocycles. The average Bonchev–Trinajstić information content (AvgIpc) is 3.00. The van der Waals surface area contributed by atoms with Gasteiger partial charge in [0.25, 0.3) is 0 Å². The molecule has 4 aliphatic heterocycles. The van der Waals surface area contributed by atoms with Crippen LogP contribution in [0.15, 0.2) is 0 Å². The van der Waals surface area contributed by atoms with E-state index >= 15 is 0 Å². The van der Waals surface area contributed by atoms with Gasteiger partial charge in [0.2, 0.25) is 0 Å². The second-order valence-electron chi connectivity index (χ2n) is 6.78. The number of piperazine rings is 1. The molecule has 0 amide bonds. The Kier molecular flexibility index (Phi) is 3.10. The third-order valence-electron chi connectivity index (χ3n) is 5.91. The topological polar surface area (TPSA) is 9.72 Å². The van der Waals surface area contributed by atoms with Gasteiger partial charge >= 0.3 is 0 Å². The lowest BCUT2D eigenvalue weighted by Crippen LogP contribution is -2.58. The van der Waals surface area contributed by atoms with E-state index in [1.807, 2.05) is 0 Å². The molecule has 4 rings (SSSR count). The molecule has 3 atom stereocenters. The third-order valence-corrected chi connectivity index (χ3v) is 5.91. The fourth-order valence-electron chi connectivity index (χ4n) is 4.96. The van der Waals surface area contributed by atoms with Crippen LogP contribution in [0.25, 0.3) is 0 Å². The first kappa shape index (κ1) is 11.7. The Morgan fingerprint density at radius 3 is 2.39 bits per heavy atom. The first-order valence-corrected chi connectivity index (χ1v) is 8.14. The second-order valence-corrected chi connectivity index (χ2v) is 6.78. The molecule has 0 spiro atoms. The summed E-state index contributed by atoms with van der Waals surface area (Å²) >= 11 is 0. The molecule has 4 aliphatic rings. The van der Waals surface area contributed by atoms with Gasteiger partial charge in [-0.25, -0.2) is 0 Å². The van der Waals surface area contributed by atoms with E-state index in [-0.39, 0.29) is 0 Å². The first-order valence-electron chi connectivity index (χ1n) is 8.14. The summed E-state index contributed by atoms with van der Waals surface area (Å²) in [5.41, 5.74) is 0. The van der Waals surface area contributed by atoms with Crippen LogP contribution in [-0.4, -0.2) is 72.1 Å². The molecule has 3 unspecified atom stereocenters. The minimum Gasteiger partial charge on any atom is -0.299 e. The Balaban J connectivity index is 1.43. The van der Waals surface area contributed by atoms with Gasteiger partial charge < -0.3 is 0 Å². The SMILES string of the molecule is C1CCN2CCN(C3CCN4CCCC34)CC2C1. The van der Waals surface area contributed by atoms with Crippen LogP contribution in [0.3, 0.4) is 0 Å². The summed E-state index contributed by atoms with van der Waals surface area (Å²) in [7, 11) is 0. The van der Waals surface area contributed by atoms with Crippen molar-refractivity contribution in [3.05, 3.63) is 0 Å². The zero-order valence-electron chi connectivity index (χ0n) is 11.6. The molecule has 3 nitrogen and oxygen atoms in total. The van der Waals surface area contributed by atoms with Crippen molar-refractivity contribution in [2.75, 3.05) is 39.3 Å². The van der Waals surface area contributed by atoms with Crippen LogP contribution in [0.2, 0.25) is 0 Å². The van der Waals surface area contributed by atoms with Gasteiger partial charge in [0.1, 0.15) is 0 Å². The zero-order valence-corrected chi connectivity index (χ0v) is 11.6. The highest BCUT2D eigenvalue weighted by Crippen LogP contribution is 2.33. The summed E-state index contributed by atoms with van der Waals surface area (Å²) < 4.78 is 0. The van der Waals surface area contributed by atoms with E-state index in [1.54, 1.807) is 0 Å². The molecule has 0 N–H and O–H groups in total. The Morgan fingerprint density at radius 1 is 0.556 bits per heavy atom. The van der Waals surface area contributed by atoms with Crippen LogP contribution in [0.1, 0.15) is 38.5 Å². The van der Waals surface area contributed by atoms with Crippen LogP contribution in [0.5, 0.6) is 0 Å². The predicted octanol–water partition coefficient (Wildman–Crippen LogP) is 1.39. The summed E-state index contributed by atoms with van der Waals surface area (Å²) in [6, 6.07) is 2.71. The molecule has 18 heavy (non-hydrogen) atoms. The van der Waals surface area contributed by atoms with E-state index in [4.69, 9.17) is 0 Å². The average molecular weight is 249 g/mol. The summed E-state index contributed by atoms with van der Waals surface area (Å²) in [6.45, 7) is 8.18. The van der Waals surface area contributed by atoms with Gasteiger partial charge in [-0.15, -0.1) is 0 Å². The molecule has 0 aromatic heterocycles. The van der Waals surface area contributed by atoms with Gasteiger partial charge in [0.15, 0.2) is 0 Å². The lowest BCUT2D eigenvalue weighted by atomic mass is 9.96. The summed E-state index contributed by atoms with van der Waals surface area (Å²) in [5, 5.41) is 0. The van der Waals surface area contributed by atoms with Gasteiger partial charge in [-0.2, -0.15) is 0 Å². The lowest BCUT2D eigenvalue weighted by molar-refractivity contribution is 0.0210. The quantitative estimate of drug-likeness (QED) is 0.695. The highest BCUT2D eigenvalue weighted by molar-refractivity contribution is 4.99. The fourth-order valence-corrected chi connectivity index (χ4v) is 4.96. The van der Waals surface area contributed by atoms with Gasteiger partial charge in [-0.3, -0.25) is 14.7 Å². The molecule has 0 saturated carbocycles. The van der Waals surface area contributed by atoms with Crippen LogP contribution in [0.4, 0.5) is 0 Å². The predicted molar refractivity (Wildman–Crippen MR) is 73.8 cm³/mol. The summed E-state index contributed by atoms with van der Waals surface area (Å²) in [4.78, 5) is 8.39. The van der Waals surface area contributed by atoms with E-state index in [2.05, 4.69) is 14.7 Å². The van der Waals surface area contributed by atoms with E-state index in [9.17, 15) is 0 Å². The van der Waals surface area contributed by atoms with Crippen LogP contribution in [-0.2, 0) is 0 Å². The Morgan fingerprint density at radius 2 is 1.39 bits per heavy atom. The molecule has 4 heterocycles. The smallest absolute Gasteiger partial charge is 0.0264 e. The molecule has 4 saturated heterocycles. The van der Waals surface area contributed by atoms with Crippen LogP contribution in [0, 0.1) is 0 Å². The minimum absolute atomic E-state index is 0.892. The fraction of sp³-hybridized carbons (Fsp3) is 1.00. The van der Waals surface area contributed by atoms with Gasteiger partial charge in [0, 0.05) is 44.3 Å². The van der Waals surface area contributed by atoms with Crippen molar-refractivity contribution >= 4 is 0 Å². The van der Waals surface area contributed by atoms with Crippen molar-refractivity contribution in [2.24, 2.45) is 0 Å². The molecule has 0 bridgehead atoms. The van der Waals surface area contributed by atoms with Crippen molar-refractivity contribution < 1.29 is 0 Å². The molecular formula is C15H27N3. The van der Waals surface area contributed by atoms with Crippen molar-refractivity contribution in [2.45, 2.75) is 56.7 Å². The number of nitrogens with zero attached hydrogens (tertiary/aromatic N) is 3. The monoisotopic (exact) mass is 249 g/mol. The van der Waals surface area contributed by atoms with Gasteiger partial charge in [-0.05, 0) is 45.2 Å². The minimum atomic E-state index is 0.892. The maximum absolute atomic E-state index is 2.86. The molecule has 3 heteroatoms. The molecule has 0 aromatic carbocycles. The van der Waals surface area contributed by atoms with E-state index in [0.29, 0.717) is 0 Å². The number of rotatable bonds is 1.